The monoisotopic (exact) mass is 458 g/mol. The highest BCUT2D eigenvalue weighted by molar-refractivity contribution is 8.17. The van der Waals surface area contributed by atoms with Gasteiger partial charge in [-0.25, -0.2) is 0 Å². The third-order valence-electron chi connectivity index (χ3n) is 5.85. The summed E-state index contributed by atoms with van der Waals surface area (Å²) in [6.45, 7) is 4.43. The van der Waals surface area contributed by atoms with E-state index < -0.39 is 4.08 Å². The van der Waals surface area contributed by atoms with E-state index >= 15 is 0 Å². The summed E-state index contributed by atoms with van der Waals surface area (Å²) in [4.78, 5) is 13.3. The van der Waals surface area contributed by atoms with Gasteiger partial charge in [0.05, 0.1) is 11.1 Å². The standard InChI is InChI=1S/C26H34O3S2/c1-3-5-7-9-17-30-26(31-18-10-8-6-4-2)19-13-11-15-21(27)23(19)25(29)24-20(26)14-12-16-22(24)28/h11-16,27-28H,3-10,17-18H2,1-2H3. The number of benzene rings is 2. The number of rotatable bonds is 12. The molecule has 0 spiro atoms. The van der Waals surface area contributed by atoms with Crippen molar-refractivity contribution in [1.29, 1.82) is 0 Å². The van der Waals surface area contributed by atoms with Crippen LogP contribution in [0.1, 0.15) is 92.3 Å². The smallest absolute Gasteiger partial charge is 0.201 e. The van der Waals surface area contributed by atoms with E-state index in [1.807, 2.05) is 47.8 Å². The molecule has 0 aliphatic heterocycles. The fourth-order valence-corrected chi connectivity index (χ4v) is 7.63. The zero-order valence-electron chi connectivity index (χ0n) is 18.7. The SMILES string of the molecule is CCCCCCSC1(SCCCCCC)c2cccc(O)c2C(=O)c2c(O)cccc21. The maximum absolute atomic E-state index is 13.3. The molecule has 2 N–H and O–H groups in total. The molecule has 0 unspecified atom stereocenters. The van der Waals surface area contributed by atoms with E-state index in [1.54, 1.807) is 12.1 Å². The van der Waals surface area contributed by atoms with Crippen molar-refractivity contribution in [2.45, 2.75) is 69.3 Å². The van der Waals surface area contributed by atoms with Gasteiger partial charge in [-0.1, -0.05) is 76.6 Å². The van der Waals surface area contributed by atoms with Gasteiger partial charge in [-0.15, -0.1) is 23.5 Å². The number of unbranched alkanes of at least 4 members (excludes halogenated alkanes) is 6. The van der Waals surface area contributed by atoms with Crippen LogP contribution in [0, 0.1) is 0 Å². The molecule has 1 aliphatic rings. The molecule has 0 heterocycles. The van der Waals surface area contributed by atoms with Crippen LogP contribution in [0.3, 0.4) is 0 Å². The summed E-state index contributed by atoms with van der Waals surface area (Å²) in [6.07, 6.45) is 9.47. The Morgan fingerprint density at radius 1 is 0.710 bits per heavy atom. The molecule has 1 aliphatic carbocycles. The van der Waals surface area contributed by atoms with Gasteiger partial charge in [0, 0.05) is 0 Å². The van der Waals surface area contributed by atoms with Crippen LogP contribution in [0.4, 0.5) is 0 Å². The Labute approximate surface area is 195 Å². The van der Waals surface area contributed by atoms with Crippen LogP contribution >= 0.6 is 23.5 Å². The van der Waals surface area contributed by atoms with Gasteiger partial charge >= 0.3 is 0 Å². The number of ketones is 1. The number of hydrogen-bond donors (Lipinski definition) is 2. The number of aromatic hydroxyl groups is 2. The van der Waals surface area contributed by atoms with Crippen LogP contribution in [0.25, 0.3) is 0 Å². The summed E-state index contributed by atoms with van der Waals surface area (Å²) < 4.78 is -0.505. The first-order valence-corrected chi connectivity index (χ1v) is 13.5. The van der Waals surface area contributed by atoms with Crippen molar-refractivity contribution in [2.75, 3.05) is 11.5 Å². The Morgan fingerprint density at radius 3 is 1.58 bits per heavy atom. The highest BCUT2D eigenvalue weighted by Gasteiger charge is 2.46. The number of phenolic OH excluding ortho intramolecular Hbond substituents is 2. The van der Waals surface area contributed by atoms with Gasteiger partial charge < -0.3 is 10.2 Å². The van der Waals surface area contributed by atoms with E-state index in [-0.39, 0.29) is 17.3 Å². The second-order valence-electron chi connectivity index (χ2n) is 8.16. The van der Waals surface area contributed by atoms with Gasteiger partial charge in [0.1, 0.15) is 15.6 Å². The van der Waals surface area contributed by atoms with Gasteiger partial charge in [0.25, 0.3) is 0 Å². The average molecular weight is 459 g/mol. The van der Waals surface area contributed by atoms with E-state index in [2.05, 4.69) is 13.8 Å². The molecule has 5 heteroatoms. The number of carbonyl (C=O) groups is 1. The van der Waals surface area contributed by atoms with E-state index in [0.29, 0.717) is 11.1 Å². The Morgan fingerprint density at radius 2 is 1.16 bits per heavy atom. The Balaban J connectivity index is 2.04. The molecule has 0 saturated heterocycles. The van der Waals surface area contributed by atoms with Gasteiger partial charge in [-0.05, 0) is 47.6 Å². The first-order valence-electron chi connectivity index (χ1n) is 11.5. The highest BCUT2D eigenvalue weighted by atomic mass is 32.2. The molecule has 168 valence electrons. The van der Waals surface area contributed by atoms with Crippen molar-refractivity contribution in [2.24, 2.45) is 0 Å². The largest absolute Gasteiger partial charge is 0.507 e. The third-order valence-corrected chi connectivity index (χ3v) is 9.24. The lowest BCUT2D eigenvalue weighted by atomic mass is 9.83. The minimum Gasteiger partial charge on any atom is -0.507 e. The third kappa shape index (κ3) is 5.09. The fraction of sp³-hybridized carbons (Fsp3) is 0.500. The molecule has 0 radical (unpaired) electrons. The Kier molecular flexibility index (Phi) is 8.79. The molecular formula is C26H34O3S2. The van der Waals surface area contributed by atoms with Gasteiger partial charge in [0.15, 0.2) is 0 Å². The second kappa shape index (κ2) is 11.3. The van der Waals surface area contributed by atoms with Crippen LogP contribution in [0.2, 0.25) is 0 Å². The zero-order valence-corrected chi connectivity index (χ0v) is 20.3. The van der Waals surface area contributed by atoms with Crippen molar-refractivity contribution in [3.63, 3.8) is 0 Å². The second-order valence-corrected chi connectivity index (χ2v) is 11.0. The van der Waals surface area contributed by atoms with Crippen LogP contribution in [0.15, 0.2) is 36.4 Å². The maximum atomic E-state index is 13.3. The summed E-state index contributed by atoms with van der Waals surface area (Å²) in [7, 11) is 0. The van der Waals surface area contributed by atoms with E-state index in [9.17, 15) is 15.0 Å². The molecule has 0 fully saturated rings. The Hall–Kier alpha value is -1.59. The van der Waals surface area contributed by atoms with E-state index in [1.165, 1.54) is 38.5 Å². The van der Waals surface area contributed by atoms with Crippen molar-refractivity contribution in [1.82, 2.24) is 0 Å². The molecule has 3 nitrogen and oxygen atoms in total. The van der Waals surface area contributed by atoms with Crippen LogP contribution in [-0.2, 0) is 4.08 Å². The summed E-state index contributed by atoms with van der Waals surface area (Å²) in [5, 5.41) is 21.3. The summed E-state index contributed by atoms with van der Waals surface area (Å²) >= 11 is 3.70. The Bertz CT molecular complexity index is 823. The first kappa shape index (κ1) is 24.1. The lowest BCUT2D eigenvalue weighted by Gasteiger charge is -2.40. The minimum absolute atomic E-state index is 0.000978. The predicted octanol–water partition coefficient (Wildman–Crippen LogP) is 7.47. The predicted molar refractivity (Wildman–Crippen MR) is 134 cm³/mol. The number of fused-ring (bicyclic) bond motifs is 2. The highest BCUT2D eigenvalue weighted by Crippen LogP contribution is 2.58. The molecule has 0 bridgehead atoms. The topological polar surface area (TPSA) is 57.5 Å². The quantitative estimate of drug-likeness (QED) is 0.255. The molecule has 3 rings (SSSR count). The minimum atomic E-state index is -0.505. The molecule has 0 aromatic heterocycles. The lowest BCUT2D eigenvalue weighted by molar-refractivity contribution is 0.102. The zero-order chi connectivity index (χ0) is 22.3. The van der Waals surface area contributed by atoms with E-state index in [4.69, 9.17) is 0 Å². The van der Waals surface area contributed by atoms with Crippen molar-refractivity contribution >= 4 is 29.3 Å². The van der Waals surface area contributed by atoms with Crippen molar-refractivity contribution < 1.29 is 15.0 Å². The molecule has 2 aromatic rings. The van der Waals surface area contributed by atoms with Crippen LogP contribution in [0.5, 0.6) is 11.5 Å². The number of carbonyl (C=O) groups excluding carboxylic acids is 1. The molecule has 0 amide bonds. The van der Waals surface area contributed by atoms with Gasteiger partial charge in [-0.2, -0.15) is 0 Å². The molecule has 2 aromatic carbocycles. The molecular weight excluding hydrogens is 424 g/mol. The summed E-state index contributed by atoms with van der Waals surface area (Å²) in [5.74, 6) is 1.66. The summed E-state index contributed by atoms with van der Waals surface area (Å²) in [6, 6.07) is 10.8. The summed E-state index contributed by atoms with van der Waals surface area (Å²) in [5.41, 5.74) is 2.44. The van der Waals surface area contributed by atoms with Crippen molar-refractivity contribution in [3.8, 4) is 11.5 Å². The number of thioether (sulfide) groups is 2. The van der Waals surface area contributed by atoms with E-state index in [0.717, 1.165) is 35.5 Å². The van der Waals surface area contributed by atoms with Crippen LogP contribution in [-0.4, -0.2) is 27.5 Å². The van der Waals surface area contributed by atoms with Crippen molar-refractivity contribution in [3.05, 3.63) is 58.7 Å². The van der Waals surface area contributed by atoms with Gasteiger partial charge in [0.2, 0.25) is 5.78 Å². The maximum Gasteiger partial charge on any atom is 0.201 e. The molecule has 0 saturated carbocycles. The number of hydrogen-bond acceptors (Lipinski definition) is 5. The average Bonchev–Trinajstić information content (AvgIpc) is 2.76. The first-order chi connectivity index (χ1) is 15.1. The lowest BCUT2D eigenvalue weighted by Crippen LogP contribution is -2.31. The molecule has 31 heavy (non-hydrogen) atoms. The van der Waals surface area contributed by atoms with Gasteiger partial charge in [-0.3, -0.25) is 4.79 Å². The molecule has 0 atom stereocenters. The normalized spacial score (nSPS) is 14.3. The number of phenols is 2. The van der Waals surface area contributed by atoms with Crippen LogP contribution < -0.4 is 0 Å². The fourth-order valence-electron chi connectivity index (χ4n) is 4.22.